The summed E-state index contributed by atoms with van der Waals surface area (Å²) in [4.78, 5) is 22.9. The van der Waals surface area contributed by atoms with E-state index in [2.05, 4.69) is 5.32 Å². The van der Waals surface area contributed by atoms with Crippen LogP contribution in [0.3, 0.4) is 0 Å². The highest BCUT2D eigenvalue weighted by Crippen LogP contribution is 2.22. The average Bonchev–Trinajstić information content (AvgIpc) is 2.65. The van der Waals surface area contributed by atoms with Crippen LogP contribution in [-0.4, -0.2) is 30.7 Å². The molecule has 0 atom stereocenters. The van der Waals surface area contributed by atoms with Crippen molar-refractivity contribution in [2.45, 2.75) is 12.8 Å². The maximum Gasteiger partial charge on any atom is 0.251 e. The van der Waals surface area contributed by atoms with E-state index in [1.165, 1.54) is 0 Å². The van der Waals surface area contributed by atoms with Crippen LogP contribution in [0.2, 0.25) is 0 Å². The second kappa shape index (κ2) is 8.69. The van der Waals surface area contributed by atoms with Gasteiger partial charge in [-0.3, -0.25) is 14.8 Å². The number of hydrogen-bond donors (Lipinski definition) is 3. The summed E-state index contributed by atoms with van der Waals surface area (Å²) < 4.78 is 5.13. The van der Waals surface area contributed by atoms with E-state index in [9.17, 15) is 9.59 Å². The number of amides is 2. The molecule has 2 amide bonds. The van der Waals surface area contributed by atoms with Crippen molar-refractivity contribution in [2.24, 2.45) is 0 Å². The third kappa shape index (κ3) is 4.82. The molecule has 0 aliphatic carbocycles. The molecule has 0 bridgehead atoms. The molecule has 2 rings (SSSR count). The molecule has 0 fully saturated rings. The van der Waals surface area contributed by atoms with Crippen LogP contribution in [0, 0.1) is 0 Å². The zero-order chi connectivity index (χ0) is 17.4. The van der Waals surface area contributed by atoms with Crippen molar-refractivity contribution in [2.75, 3.05) is 13.7 Å². The van der Waals surface area contributed by atoms with Crippen molar-refractivity contribution in [3.8, 4) is 16.9 Å². The fraction of sp³-hybridized carbons (Fsp3) is 0.222. The third-order valence-electron chi connectivity index (χ3n) is 3.56. The minimum Gasteiger partial charge on any atom is -0.497 e. The van der Waals surface area contributed by atoms with E-state index in [0.717, 1.165) is 16.9 Å². The van der Waals surface area contributed by atoms with Gasteiger partial charge in [-0.2, -0.15) is 0 Å². The van der Waals surface area contributed by atoms with Crippen molar-refractivity contribution < 1.29 is 19.5 Å². The van der Waals surface area contributed by atoms with E-state index in [-0.39, 0.29) is 12.3 Å². The van der Waals surface area contributed by atoms with E-state index < -0.39 is 5.91 Å². The molecule has 24 heavy (non-hydrogen) atoms. The molecule has 0 saturated heterocycles. The van der Waals surface area contributed by atoms with Crippen LogP contribution in [0.25, 0.3) is 11.1 Å². The minimum atomic E-state index is -0.465. The van der Waals surface area contributed by atoms with Crippen LogP contribution in [0.5, 0.6) is 5.75 Å². The van der Waals surface area contributed by atoms with E-state index in [0.29, 0.717) is 18.5 Å². The SMILES string of the molecule is COc1ccc(-c2ccc(C(=O)NCCCC(=O)NO)cc2)cc1. The highest BCUT2D eigenvalue weighted by Gasteiger charge is 2.06. The first-order valence-electron chi connectivity index (χ1n) is 7.59. The van der Waals surface area contributed by atoms with Crippen molar-refractivity contribution in [1.29, 1.82) is 0 Å². The molecule has 0 heterocycles. The summed E-state index contributed by atoms with van der Waals surface area (Å²) in [6, 6.07) is 15.0. The van der Waals surface area contributed by atoms with Crippen LogP contribution < -0.4 is 15.5 Å². The number of carbonyl (C=O) groups excluding carboxylic acids is 2. The Labute approximate surface area is 140 Å². The smallest absolute Gasteiger partial charge is 0.251 e. The highest BCUT2D eigenvalue weighted by atomic mass is 16.5. The van der Waals surface area contributed by atoms with E-state index >= 15 is 0 Å². The van der Waals surface area contributed by atoms with Gasteiger partial charge < -0.3 is 10.1 Å². The van der Waals surface area contributed by atoms with Crippen molar-refractivity contribution >= 4 is 11.8 Å². The van der Waals surface area contributed by atoms with Crippen molar-refractivity contribution in [3.05, 3.63) is 54.1 Å². The summed E-state index contributed by atoms with van der Waals surface area (Å²) >= 11 is 0. The summed E-state index contributed by atoms with van der Waals surface area (Å²) in [6.45, 7) is 0.368. The van der Waals surface area contributed by atoms with Gasteiger partial charge in [0.2, 0.25) is 5.91 Å². The summed E-state index contributed by atoms with van der Waals surface area (Å²) in [7, 11) is 1.62. The molecular weight excluding hydrogens is 308 g/mol. The maximum atomic E-state index is 12.0. The molecule has 0 unspecified atom stereocenters. The van der Waals surface area contributed by atoms with Gasteiger partial charge >= 0.3 is 0 Å². The monoisotopic (exact) mass is 328 g/mol. The number of hydrogen-bond acceptors (Lipinski definition) is 4. The molecule has 0 aliphatic heterocycles. The number of hydroxylamine groups is 1. The average molecular weight is 328 g/mol. The standard InChI is InChI=1S/C18H20N2O4/c1-24-16-10-8-14(9-11-16)13-4-6-15(7-5-13)18(22)19-12-2-3-17(21)20-23/h4-11,23H,2-3,12H2,1H3,(H,19,22)(H,20,21). The van der Waals surface area contributed by atoms with Gasteiger partial charge in [0, 0.05) is 18.5 Å². The Morgan fingerprint density at radius 3 is 2.12 bits per heavy atom. The molecule has 0 radical (unpaired) electrons. The summed E-state index contributed by atoms with van der Waals surface area (Å²) in [5.41, 5.74) is 4.16. The van der Waals surface area contributed by atoms with Gasteiger partial charge in [-0.15, -0.1) is 0 Å². The molecule has 3 N–H and O–H groups in total. The first-order chi connectivity index (χ1) is 11.6. The number of rotatable bonds is 7. The number of nitrogens with one attached hydrogen (secondary N) is 2. The fourth-order valence-corrected chi connectivity index (χ4v) is 2.21. The zero-order valence-corrected chi connectivity index (χ0v) is 13.4. The molecule has 2 aromatic rings. The lowest BCUT2D eigenvalue weighted by Gasteiger charge is -2.07. The largest absolute Gasteiger partial charge is 0.497 e. The van der Waals surface area contributed by atoms with Crippen molar-refractivity contribution in [1.82, 2.24) is 10.8 Å². The number of methoxy groups -OCH3 is 1. The van der Waals surface area contributed by atoms with Crippen molar-refractivity contribution in [3.63, 3.8) is 0 Å². The normalized spacial score (nSPS) is 10.1. The predicted octanol–water partition coefficient (Wildman–Crippen LogP) is 2.38. The lowest BCUT2D eigenvalue weighted by Crippen LogP contribution is -2.26. The Morgan fingerprint density at radius 2 is 1.58 bits per heavy atom. The zero-order valence-electron chi connectivity index (χ0n) is 13.4. The Kier molecular flexibility index (Phi) is 6.33. The predicted molar refractivity (Wildman–Crippen MR) is 89.9 cm³/mol. The third-order valence-corrected chi connectivity index (χ3v) is 3.56. The fourth-order valence-electron chi connectivity index (χ4n) is 2.21. The van der Waals surface area contributed by atoms with Crippen LogP contribution in [0.1, 0.15) is 23.2 Å². The van der Waals surface area contributed by atoms with E-state index in [4.69, 9.17) is 9.94 Å². The quantitative estimate of drug-likeness (QED) is 0.414. The summed E-state index contributed by atoms with van der Waals surface area (Å²) in [5.74, 6) is 0.137. The van der Waals surface area contributed by atoms with Crippen LogP contribution in [0.4, 0.5) is 0 Å². The minimum absolute atomic E-state index is 0.160. The lowest BCUT2D eigenvalue weighted by molar-refractivity contribution is -0.129. The number of ether oxygens (including phenoxy) is 1. The second-order valence-corrected chi connectivity index (χ2v) is 5.20. The number of carbonyl (C=O) groups is 2. The van der Waals surface area contributed by atoms with Gasteiger partial charge in [0.1, 0.15) is 5.75 Å². The van der Waals surface area contributed by atoms with Gasteiger partial charge in [-0.1, -0.05) is 24.3 Å². The molecule has 6 nitrogen and oxygen atoms in total. The molecule has 2 aromatic carbocycles. The topological polar surface area (TPSA) is 87.7 Å². The first kappa shape index (κ1) is 17.5. The highest BCUT2D eigenvalue weighted by molar-refractivity contribution is 5.94. The molecule has 6 heteroatoms. The van der Waals surface area contributed by atoms with Gasteiger partial charge in [-0.25, -0.2) is 5.48 Å². The van der Waals surface area contributed by atoms with E-state index in [1.807, 2.05) is 36.4 Å². The first-order valence-corrected chi connectivity index (χ1v) is 7.59. The molecular formula is C18H20N2O4. The maximum absolute atomic E-state index is 12.0. The Balaban J connectivity index is 1.90. The second-order valence-electron chi connectivity index (χ2n) is 5.20. The van der Waals surface area contributed by atoms with Gasteiger partial charge in [-0.05, 0) is 41.8 Å². The van der Waals surface area contributed by atoms with Gasteiger partial charge in [0.25, 0.3) is 5.91 Å². The summed E-state index contributed by atoms with van der Waals surface area (Å²) in [6.07, 6.45) is 0.620. The van der Waals surface area contributed by atoms with Crippen LogP contribution >= 0.6 is 0 Å². The molecule has 0 saturated carbocycles. The van der Waals surface area contributed by atoms with E-state index in [1.54, 1.807) is 24.7 Å². The lowest BCUT2D eigenvalue weighted by atomic mass is 10.0. The number of benzene rings is 2. The Hall–Kier alpha value is -2.86. The molecule has 0 spiro atoms. The Morgan fingerprint density at radius 1 is 1.00 bits per heavy atom. The van der Waals surface area contributed by atoms with Gasteiger partial charge in [0.15, 0.2) is 0 Å². The molecule has 0 aromatic heterocycles. The van der Waals surface area contributed by atoms with Crippen LogP contribution in [-0.2, 0) is 4.79 Å². The molecule has 0 aliphatic rings. The van der Waals surface area contributed by atoms with Crippen LogP contribution in [0.15, 0.2) is 48.5 Å². The summed E-state index contributed by atoms with van der Waals surface area (Å²) in [5, 5.41) is 11.1. The Bertz CT molecular complexity index is 681. The van der Waals surface area contributed by atoms with Gasteiger partial charge in [0.05, 0.1) is 7.11 Å². The molecule has 126 valence electrons.